The molecule has 88 valence electrons. The summed E-state index contributed by atoms with van der Waals surface area (Å²) in [5.74, 6) is 0. The lowest BCUT2D eigenvalue weighted by Crippen LogP contribution is -2.31. The Kier molecular flexibility index (Phi) is 4.04. The Morgan fingerprint density at radius 3 is 2.35 bits per heavy atom. The maximum absolute atomic E-state index is 9.33. The summed E-state index contributed by atoms with van der Waals surface area (Å²) in [5, 5.41) is 20.9. The summed E-state index contributed by atoms with van der Waals surface area (Å²) >= 11 is 3.24. The Labute approximate surface area is 110 Å². The van der Waals surface area contributed by atoms with Gasteiger partial charge in [0.25, 0.3) is 0 Å². The predicted molar refractivity (Wildman–Crippen MR) is 77.3 cm³/mol. The lowest BCUT2D eigenvalue weighted by molar-refractivity contribution is 0.425. The summed E-state index contributed by atoms with van der Waals surface area (Å²) < 4.78 is 0. The van der Waals surface area contributed by atoms with E-state index in [2.05, 4.69) is 12.1 Å². The van der Waals surface area contributed by atoms with Gasteiger partial charge in [-0.05, 0) is 40.9 Å². The largest absolute Gasteiger partial charge is 0.489 e. The van der Waals surface area contributed by atoms with Crippen molar-refractivity contribution in [1.82, 2.24) is 0 Å². The molecule has 0 atom stereocenters. The second-order valence-electron chi connectivity index (χ2n) is 3.65. The topological polar surface area (TPSA) is 40.5 Å². The van der Waals surface area contributed by atoms with E-state index in [1.807, 2.05) is 24.6 Å². The fourth-order valence-corrected chi connectivity index (χ4v) is 3.12. The molecule has 0 aliphatic carbocycles. The van der Waals surface area contributed by atoms with Gasteiger partial charge in [0.1, 0.15) is 0 Å². The van der Waals surface area contributed by atoms with Crippen molar-refractivity contribution in [2.75, 3.05) is 12.5 Å². The van der Waals surface area contributed by atoms with E-state index in [1.54, 1.807) is 17.8 Å². The van der Waals surface area contributed by atoms with Crippen molar-refractivity contribution in [3.05, 3.63) is 30.3 Å². The molecule has 0 saturated carbocycles. The fraction of sp³-hybridized carbons (Fsp3) is 0.167. The van der Waals surface area contributed by atoms with Crippen molar-refractivity contribution in [3.8, 4) is 0 Å². The predicted octanol–water partition coefficient (Wildman–Crippen LogP) is 1.96. The van der Waals surface area contributed by atoms with Crippen LogP contribution in [-0.2, 0) is 0 Å². The fourth-order valence-electron chi connectivity index (χ4n) is 1.85. The summed E-state index contributed by atoms with van der Waals surface area (Å²) in [6.07, 6.45) is 3.99. The summed E-state index contributed by atoms with van der Waals surface area (Å²) in [6.45, 7) is 0. The first kappa shape index (κ1) is 12.8. The highest BCUT2D eigenvalue weighted by molar-refractivity contribution is 7.99. The Morgan fingerprint density at radius 2 is 1.76 bits per heavy atom. The minimum absolute atomic E-state index is 0.571. The van der Waals surface area contributed by atoms with Crippen LogP contribution >= 0.6 is 23.5 Å². The molecule has 5 heteroatoms. The van der Waals surface area contributed by atoms with Gasteiger partial charge < -0.3 is 10.0 Å². The molecular weight excluding hydrogens is 251 g/mol. The van der Waals surface area contributed by atoms with Crippen LogP contribution in [0.5, 0.6) is 0 Å². The van der Waals surface area contributed by atoms with Crippen LogP contribution in [0, 0.1) is 0 Å². The molecule has 0 heterocycles. The minimum atomic E-state index is -1.41. The van der Waals surface area contributed by atoms with Gasteiger partial charge >= 0.3 is 7.12 Å². The first-order chi connectivity index (χ1) is 8.17. The molecule has 17 heavy (non-hydrogen) atoms. The Bertz CT molecular complexity index is 543. The number of hydrogen-bond acceptors (Lipinski definition) is 4. The van der Waals surface area contributed by atoms with Crippen LogP contribution in [0.2, 0.25) is 0 Å². The standard InChI is InChI=1S/C12H13BO2S2/c1-16-9-4-5-10-8(7-9)3-6-11(13(14)15)12(10)17-2/h3-7,14-15H,1-2H3. The molecule has 2 rings (SSSR count). The van der Waals surface area contributed by atoms with Crippen molar-refractivity contribution < 1.29 is 10.0 Å². The van der Waals surface area contributed by atoms with Crippen LogP contribution in [0.3, 0.4) is 0 Å². The van der Waals surface area contributed by atoms with Crippen molar-refractivity contribution in [2.24, 2.45) is 0 Å². The van der Waals surface area contributed by atoms with Gasteiger partial charge in [0.05, 0.1) is 0 Å². The van der Waals surface area contributed by atoms with Gasteiger partial charge in [-0.3, -0.25) is 0 Å². The van der Waals surface area contributed by atoms with Gasteiger partial charge in [-0.2, -0.15) is 0 Å². The zero-order valence-corrected chi connectivity index (χ0v) is 11.3. The number of benzene rings is 2. The third-order valence-electron chi connectivity index (χ3n) is 2.69. The second-order valence-corrected chi connectivity index (χ2v) is 5.34. The first-order valence-corrected chi connectivity index (χ1v) is 7.63. The van der Waals surface area contributed by atoms with Crippen LogP contribution in [0.25, 0.3) is 10.8 Å². The summed E-state index contributed by atoms with van der Waals surface area (Å²) in [4.78, 5) is 2.15. The molecule has 2 aromatic carbocycles. The number of rotatable bonds is 3. The maximum Gasteiger partial charge on any atom is 0.489 e. The molecule has 0 saturated heterocycles. The van der Waals surface area contributed by atoms with Gasteiger partial charge in [0.2, 0.25) is 0 Å². The summed E-state index contributed by atoms with van der Waals surface area (Å²) in [5.41, 5.74) is 0.571. The minimum Gasteiger partial charge on any atom is -0.423 e. The highest BCUT2D eigenvalue weighted by Crippen LogP contribution is 2.28. The third kappa shape index (κ3) is 2.47. The molecule has 0 amide bonds. The molecule has 0 aliphatic rings. The zero-order chi connectivity index (χ0) is 12.4. The van der Waals surface area contributed by atoms with Gasteiger partial charge in [-0.15, -0.1) is 23.5 Å². The average Bonchev–Trinajstić information content (AvgIpc) is 2.36. The molecule has 0 bridgehead atoms. The molecule has 0 spiro atoms. The first-order valence-electron chi connectivity index (χ1n) is 5.18. The zero-order valence-electron chi connectivity index (χ0n) is 9.68. The van der Waals surface area contributed by atoms with E-state index in [4.69, 9.17) is 0 Å². The molecule has 0 radical (unpaired) electrons. The molecular formula is C12H13BO2S2. The summed E-state index contributed by atoms with van der Waals surface area (Å²) in [6, 6.07) is 9.93. The quantitative estimate of drug-likeness (QED) is 0.657. The van der Waals surface area contributed by atoms with Crippen molar-refractivity contribution in [2.45, 2.75) is 9.79 Å². The molecule has 0 fully saturated rings. The van der Waals surface area contributed by atoms with Crippen LogP contribution in [-0.4, -0.2) is 29.7 Å². The van der Waals surface area contributed by atoms with Crippen molar-refractivity contribution in [3.63, 3.8) is 0 Å². The molecule has 2 nitrogen and oxygen atoms in total. The van der Waals surface area contributed by atoms with Crippen molar-refractivity contribution in [1.29, 1.82) is 0 Å². The monoisotopic (exact) mass is 264 g/mol. The maximum atomic E-state index is 9.33. The van der Waals surface area contributed by atoms with Crippen LogP contribution in [0.15, 0.2) is 40.1 Å². The Morgan fingerprint density at radius 1 is 1.00 bits per heavy atom. The second kappa shape index (κ2) is 5.35. The van der Waals surface area contributed by atoms with E-state index < -0.39 is 7.12 Å². The molecule has 2 aromatic rings. The van der Waals surface area contributed by atoms with Gasteiger partial charge in [0, 0.05) is 9.79 Å². The molecule has 0 aliphatic heterocycles. The summed E-state index contributed by atoms with van der Waals surface area (Å²) in [7, 11) is -1.41. The van der Waals surface area contributed by atoms with Gasteiger partial charge in [0.15, 0.2) is 0 Å². The Balaban J connectivity index is 2.69. The molecule has 2 N–H and O–H groups in total. The smallest absolute Gasteiger partial charge is 0.423 e. The lowest BCUT2D eigenvalue weighted by atomic mass is 9.79. The third-order valence-corrected chi connectivity index (χ3v) is 4.28. The van der Waals surface area contributed by atoms with Crippen molar-refractivity contribution >= 4 is 46.9 Å². The lowest BCUT2D eigenvalue weighted by Gasteiger charge is -2.11. The SMILES string of the molecule is CSc1ccc2c(SC)c(B(O)O)ccc2c1. The number of thioether (sulfide) groups is 2. The normalized spacial score (nSPS) is 10.8. The van der Waals surface area contributed by atoms with Crippen LogP contribution in [0.4, 0.5) is 0 Å². The van der Waals surface area contributed by atoms with E-state index in [-0.39, 0.29) is 0 Å². The van der Waals surface area contributed by atoms with Crippen LogP contribution in [0.1, 0.15) is 0 Å². The van der Waals surface area contributed by atoms with E-state index in [0.717, 1.165) is 15.7 Å². The average molecular weight is 264 g/mol. The number of hydrogen-bond donors (Lipinski definition) is 2. The highest BCUT2D eigenvalue weighted by atomic mass is 32.2. The number of fused-ring (bicyclic) bond motifs is 1. The van der Waals surface area contributed by atoms with E-state index >= 15 is 0 Å². The van der Waals surface area contributed by atoms with E-state index in [9.17, 15) is 10.0 Å². The Hall–Kier alpha value is -0.615. The van der Waals surface area contributed by atoms with Crippen LogP contribution < -0.4 is 5.46 Å². The van der Waals surface area contributed by atoms with Gasteiger partial charge in [-0.25, -0.2) is 0 Å². The molecule has 0 aromatic heterocycles. The highest BCUT2D eigenvalue weighted by Gasteiger charge is 2.17. The van der Waals surface area contributed by atoms with Gasteiger partial charge in [-0.1, -0.05) is 18.2 Å². The van der Waals surface area contributed by atoms with E-state index in [1.165, 1.54) is 16.7 Å². The van der Waals surface area contributed by atoms with E-state index in [0.29, 0.717) is 5.46 Å². The molecule has 0 unspecified atom stereocenters.